The highest BCUT2D eigenvalue weighted by atomic mass is 16.5. The number of methoxy groups -OCH3 is 1. The van der Waals surface area contributed by atoms with Crippen molar-refractivity contribution >= 4 is 5.97 Å². The van der Waals surface area contributed by atoms with Crippen molar-refractivity contribution in [3.05, 3.63) is 0 Å². The van der Waals surface area contributed by atoms with Gasteiger partial charge in [-0.1, -0.05) is 0 Å². The summed E-state index contributed by atoms with van der Waals surface area (Å²) in [5, 5.41) is 0. The van der Waals surface area contributed by atoms with E-state index >= 15 is 0 Å². The molecule has 2 N–H and O–H groups in total. The smallest absolute Gasteiger partial charge is 0.307 e. The molecule has 1 rings (SSSR count). The van der Waals surface area contributed by atoms with Gasteiger partial charge in [0.2, 0.25) is 0 Å². The van der Waals surface area contributed by atoms with E-state index in [9.17, 15) is 4.79 Å². The second kappa shape index (κ2) is 2.79. The number of hydrogen-bond donors (Lipinski definition) is 1. The van der Waals surface area contributed by atoms with Crippen molar-refractivity contribution in [2.24, 2.45) is 5.73 Å². The van der Waals surface area contributed by atoms with Crippen LogP contribution in [-0.4, -0.2) is 43.7 Å². The van der Waals surface area contributed by atoms with Crippen LogP contribution in [-0.2, 0) is 9.53 Å². The van der Waals surface area contributed by atoms with Crippen LogP contribution in [0, 0.1) is 0 Å². The Labute approximate surface area is 66.3 Å². The van der Waals surface area contributed by atoms with E-state index in [0.717, 1.165) is 13.1 Å². The van der Waals surface area contributed by atoms with Crippen LogP contribution in [0.1, 0.15) is 6.42 Å². The summed E-state index contributed by atoms with van der Waals surface area (Å²) in [5.74, 6) is -0.222. The number of ether oxygens (including phenoxy) is 1. The van der Waals surface area contributed by atoms with Crippen molar-refractivity contribution in [1.82, 2.24) is 4.90 Å². The fraction of sp³-hybridized carbons (Fsp3) is 0.857. The molecule has 1 aliphatic rings. The fourth-order valence-electron chi connectivity index (χ4n) is 1.50. The van der Waals surface area contributed by atoms with E-state index in [0.29, 0.717) is 6.42 Å². The van der Waals surface area contributed by atoms with Crippen molar-refractivity contribution in [2.45, 2.75) is 12.0 Å². The number of carbonyl (C=O) groups is 1. The molecule has 0 aromatic heterocycles. The Morgan fingerprint density at radius 2 is 2.27 bits per heavy atom. The van der Waals surface area contributed by atoms with Crippen molar-refractivity contribution < 1.29 is 9.53 Å². The van der Waals surface area contributed by atoms with Gasteiger partial charge in [-0.2, -0.15) is 0 Å². The van der Waals surface area contributed by atoms with Gasteiger partial charge in [0, 0.05) is 13.1 Å². The summed E-state index contributed by atoms with van der Waals surface area (Å²) in [7, 11) is 3.36. The van der Waals surface area contributed by atoms with Crippen LogP contribution in [0.3, 0.4) is 0 Å². The Morgan fingerprint density at radius 3 is 2.64 bits per heavy atom. The number of hydrogen-bond acceptors (Lipinski definition) is 4. The summed E-state index contributed by atoms with van der Waals surface area (Å²) >= 11 is 0. The molecule has 0 amide bonds. The highest BCUT2D eigenvalue weighted by Crippen LogP contribution is 2.19. The Balaban J connectivity index is 2.32. The maximum absolute atomic E-state index is 10.8. The van der Waals surface area contributed by atoms with Crippen LogP contribution in [0.2, 0.25) is 0 Å². The molecule has 1 saturated heterocycles. The van der Waals surface area contributed by atoms with Crippen molar-refractivity contribution in [1.29, 1.82) is 0 Å². The molecule has 0 saturated carbocycles. The van der Waals surface area contributed by atoms with E-state index in [-0.39, 0.29) is 11.5 Å². The SMILES string of the molecule is COC(=O)CC1(N)CN(C)C1. The summed E-state index contributed by atoms with van der Waals surface area (Å²) < 4.78 is 4.52. The maximum Gasteiger partial charge on any atom is 0.307 e. The Kier molecular flexibility index (Phi) is 2.15. The molecule has 0 aliphatic carbocycles. The molecule has 0 bridgehead atoms. The first-order valence-corrected chi connectivity index (χ1v) is 3.60. The highest BCUT2D eigenvalue weighted by Gasteiger charge is 2.39. The average Bonchev–Trinajstić information content (AvgIpc) is 1.84. The molecule has 0 atom stereocenters. The van der Waals surface area contributed by atoms with Crippen LogP contribution < -0.4 is 5.73 Å². The number of likely N-dealkylation sites (tertiary alicyclic amines) is 1. The van der Waals surface area contributed by atoms with E-state index in [1.807, 2.05) is 7.05 Å². The molecule has 0 radical (unpaired) electrons. The summed E-state index contributed by atoms with van der Waals surface area (Å²) in [4.78, 5) is 12.9. The minimum Gasteiger partial charge on any atom is -0.469 e. The minimum atomic E-state index is -0.332. The zero-order valence-electron chi connectivity index (χ0n) is 6.96. The molecular weight excluding hydrogens is 144 g/mol. The summed E-state index contributed by atoms with van der Waals surface area (Å²) in [6, 6.07) is 0. The number of carbonyl (C=O) groups excluding carboxylic acids is 1. The number of rotatable bonds is 2. The van der Waals surface area contributed by atoms with Gasteiger partial charge in [0.25, 0.3) is 0 Å². The topological polar surface area (TPSA) is 55.6 Å². The molecule has 4 heteroatoms. The maximum atomic E-state index is 10.8. The van der Waals surface area contributed by atoms with Crippen LogP contribution in [0.15, 0.2) is 0 Å². The van der Waals surface area contributed by atoms with E-state index in [1.54, 1.807) is 0 Å². The summed E-state index contributed by atoms with van der Waals surface area (Å²) in [6.45, 7) is 1.56. The van der Waals surface area contributed by atoms with E-state index in [4.69, 9.17) is 5.73 Å². The zero-order chi connectivity index (χ0) is 8.48. The van der Waals surface area contributed by atoms with E-state index < -0.39 is 0 Å². The summed E-state index contributed by atoms with van der Waals surface area (Å²) in [6.07, 6.45) is 0.327. The quantitative estimate of drug-likeness (QED) is 0.534. The molecule has 0 aromatic rings. The van der Waals surface area contributed by atoms with Crippen LogP contribution >= 0.6 is 0 Å². The minimum absolute atomic E-state index is 0.222. The lowest BCUT2D eigenvalue weighted by atomic mass is 9.88. The third kappa shape index (κ3) is 1.91. The first-order chi connectivity index (χ1) is 5.06. The monoisotopic (exact) mass is 158 g/mol. The predicted octanol–water partition coefficient (Wildman–Crippen LogP) is -0.808. The lowest BCUT2D eigenvalue weighted by molar-refractivity contribution is -0.143. The molecule has 0 aromatic carbocycles. The predicted molar refractivity (Wildman–Crippen MR) is 41.0 cm³/mol. The molecule has 1 heterocycles. The molecule has 0 spiro atoms. The third-order valence-electron chi connectivity index (χ3n) is 1.89. The number of likely N-dealkylation sites (N-methyl/N-ethyl adjacent to an activating group) is 1. The zero-order valence-corrected chi connectivity index (χ0v) is 6.96. The molecule has 64 valence electrons. The van der Waals surface area contributed by atoms with Gasteiger partial charge in [-0.25, -0.2) is 0 Å². The second-order valence-corrected chi connectivity index (χ2v) is 3.29. The standard InChI is InChI=1S/C7H14N2O2/c1-9-4-7(8,5-9)3-6(10)11-2/h3-5,8H2,1-2H3. The van der Waals surface area contributed by atoms with Crippen LogP contribution in [0.4, 0.5) is 0 Å². The second-order valence-electron chi connectivity index (χ2n) is 3.29. The lowest BCUT2D eigenvalue weighted by Crippen LogP contribution is -2.66. The molecular formula is C7H14N2O2. The van der Waals surface area contributed by atoms with Crippen LogP contribution in [0.5, 0.6) is 0 Å². The molecule has 0 unspecified atom stereocenters. The molecule has 11 heavy (non-hydrogen) atoms. The van der Waals surface area contributed by atoms with Gasteiger partial charge in [-0.15, -0.1) is 0 Å². The van der Waals surface area contributed by atoms with Crippen molar-refractivity contribution in [3.8, 4) is 0 Å². The highest BCUT2D eigenvalue weighted by molar-refractivity contribution is 5.71. The number of nitrogens with zero attached hydrogens (tertiary/aromatic N) is 1. The average molecular weight is 158 g/mol. The number of esters is 1. The van der Waals surface area contributed by atoms with Gasteiger partial charge < -0.3 is 15.4 Å². The molecule has 1 fully saturated rings. The largest absolute Gasteiger partial charge is 0.469 e. The van der Waals surface area contributed by atoms with Gasteiger partial charge in [-0.05, 0) is 7.05 Å². The number of nitrogens with two attached hydrogens (primary N) is 1. The fourth-order valence-corrected chi connectivity index (χ4v) is 1.50. The molecule has 4 nitrogen and oxygen atoms in total. The normalized spacial score (nSPS) is 22.5. The Morgan fingerprint density at radius 1 is 1.73 bits per heavy atom. The van der Waals surface area contributed by atoms with Crippen molar-refractivity contribution in [3.63, 3.8) is 0 Å². The van der Waals surface area contributed by atoms with Gasteiger partial charge in [0.15, 0.2) is 0 Å². The Bertz CT molecular complexity index is 164. The van der Waals surface area contributed by atoms with Gasteiger partial charge in [0.1, 0.15) is 0 Å². The first kappa shape index (κ1) is 8.49. The Hall–Kier alpha value is -0.610. The van der Waals surface area contributed by atoms with Gasteiger partial charge in [0.05, 0.1) is 19.1 Å². The summed E-state index contributed by atoms with van der Waals surface area (Å²) in [5.41, 5.74) is 5.50. The first-order valence-electron chi connectivity index (χ1n) is 3.60. The van der Waals surface area contributed by atoms with Crippen LogP contribution in [0.25, 0.3) is 0 Å². The lowest BCUT2D eigenvalue weighted by Gasteiger charge is -2.45. The third-order valence-corrected chi connectivity index (χ3v) is 1.89. The van der Waals surface area contributed by atoms with Crippen molar-refractivity contribution in [2.75, 3.05) is 27.2 Å². The van der Waals surface area contributed by atoms with E-state index in [1.165, 1.54) is 7.11 Å². The van der Waals surface area contributed by atoms with Gasteiger partial charge in [-0.3, -0.25) is 4.79 Å². The molecule has 1 aliphatic heterocycles. The van der Waals surface area contributed by atoms with Gasteiger partial charge >= 0.3 is 5.97 Å². The van der Waals surface area contributed by atoms with E-state index in [2.05, 4.69) is 9.64 Å².